The zero-order chi connectivity index (χ0) is 7.90. The molecule has 0 bridgehead atoms. The number of fused-ring (bicyclic) bond motifs is 1. The molecule has 2 aliphatic rings. The molecule has 2 fully saturated rings. The molecule has 2 rings (SSSR count). The number of nitrogens with zero attached hydrogens (tertiary/aromatic N) is 1. The highest BCUT2D eigenvalue weighted by Gasteiger charge is 2.44. The van der Waals surface area contributed by atoms with Gasteiger partial charge in [-0.05, 0) is 45.6 Å². The van der Waals surface area contributed by atoms with E-state index in [4.69, 9.17) is 0 Å². The monoisotopic (exact) mass is 153 g/mol. The highest BCUT2D eigenvalue weighted by Crippen LogP contribution is 2.42. The van der Waals surface area contributed by atoms with Crippen molar-refractivity contribution in [2.45, 2.75) is 57.5 Å². The molecule has 11 heavy (non-hydrogen) atoms. The van der Waals surface area contributed by atoms with E-state index in [1.807, 2.05) is 0 Å². The zero-order valence-electron chi connectivity index (χ0n) is 7.77. The van der Waals surface area contributed by atoms with Gasteiger partial charge in [0.2, 0.25) is 0 Å². The summed E-state index contributed by atoms with van der Waals surface area (Å²) in [5, 5.41) is 0. The molecular weight excluding hydrogens is 134 g/mol. The van der Waals surface area contributed by atoms with Gasteiger partial charge in [0.25, 0.3) is 0 Å². The minimum Gasteiger partial charge on any atom is -0.295 e. The van der Waals surface area contributed by atoms with Gasteiger partial charge in [0.1, 0.15) is 0 Å². The first-order chi connectivity index (χ1) is 5.26. The molecule has 0 radical (unpaired) electrons. The van der Waals surface area contributed by atoms with Crippen LogP contribution in [0.1, 0.15) is 46.0 Å². The third-order valence-corrected chi connectivity index (χ3v) is 3.74. The van der Waals surface area contributed by atoms with E-state index in [2.05, 4.69) is 18.7 Å². The molecular formula is C10H19N. The van der Waals surface area contributed by atoms with E-state index in [0.29, 0.717) is 5.54 Å². The maximum absolute atomic E-state index is 2.76. The quantitative estimate of drug-likeness (QED) is 0.559. The van der Waals surface area contributed by atoms with Gasteiger partial charge in [-0.15, -0.1) is 0 Å². The van der Waals surface area contributed by atoms with E-state index >= 15 is 0 Å². The molecule has 0 amide bonds. The summed E-state index contributed by atoms with van der Waals surface area (Å²) in [5.74, 6) is 0. The van der Waals surface area contributed by atoms with Crippen LogP contribution in [0.15, 0.2) is 0 Å². The molecule has 1 nitrogen and oxygen atoms in total. The Hall–Kier alpha value is -0.0400. The summed E-state index contributed by atoms with van der Waals surface area (Å²) in [6.07, 6.45) is 7.14. The largest absolute Gasteiger partial charge is 0.295 e. The normalized spacial score (nSPS) is 44.7. The van der Waals surface area contributed by atoms with Crippen LogP contribution in [-0.2, 0) is 0 Å². The Balaban J connectivity index is 2.13. The second-order valence-corrected chi connectivity index (χ2v) is 4.39. The highest BCUT2D eigenvalue weighted by molar-refractivity contribution is 5.00. The molecule has 2 saturated heterocycles. The molecule has 64 valence electrons. The lowest BCUT2D eigenvalue weighted by Crippen LogP contribution is -2.39. The van der Waals surface area contributed by atoms with Gasteiger partial charge in [-0.25, -0.2) is 0 Å². The summed E-state index contributed by atoms with van der Waals surface area (Å²) in [7, 11) is 0. The molecule has 0 saturated carbocycles. The topological polar surface area (TPSA) is 3.24 Å². The van der Waals surface area contributed by atoms with Crippen molar-refractivity contribution < 1.29 is 0 Å². The molecule has 0 aliphatic carbocycles. The molecule has 0 spiro atoms. The maximum Gasteiger partial charge on any atom is 0.0185 e. The van der Waals surface area contributed by atoms with Gasteiger partial charge >= 0.3 is 0 Å². The Labute approximate surface area is 69.8 Å². The summed E-state index contributed by atoms with van der Waals surface area (Å²) < 4.78 is 0. The standard InChI is InChI=1S/C10H19N/c1-3-9-5-7-10(2)6-4-8-11(9)10/h9H,3-8H2,1-2H3. The van der Waals surface area contributed by atoms with Crippen LogP contribution in [0.2, 0.25) is 0 Å². The maximum atomic E-state index is 2.76. The first kappa shape index (κ1) is 7.60. The summed E-state index contributed by atoms with van der Waals surface area (Å²) in [6.45, 7) is 6.15. The lowest BCUT2D eigenvalue weighted by Gasteiger charge is -2.31. The van der Waals surface area contributed by atoms with Gasteiger partial charge < -0.3 is 0 Å². The third-order valence-electron chi connectivity index (χ3n) is 3.74. The Morgan fingerprint density at radius 1 is 1.45 bits per heavy atom. The highest BCUT2D eigenvalue weighted by atomic mass is 15.3. The molecule has 0 aromatic heterocycles. The van der Waals surface area contributed by atoms with Crippen molar-refractivity contribution in [3.63, 3.8) is 0 Å². The molecule has 2 aliphatic heterocycles. The molecule has 2 atom stereocenters. The van der Waals surface area contributed by atoms with Crippen LogP contribution in [0.25, 0.3) is 0 Å². The van der Waals surface area contributed by atoms with Crippen LogP contribution in [0.3, 0.4) is 0 Å². The fourth-order valence-corrected chi connectivity index (χ4v) is 2.99. The third kappa shape index (κ3) is 1.01. The molecule has 2 heterocycles. The van der Waals surface area contributed by atoms with E-state index in [1.165, 1.54) is 38.6 Å². The Bertz CT molecular complexity index is 155. The van der Waals surface area contributed by atoms with Gasteiger partial charge in [-0.2, -0.15) is 0 Å². The number of rotatable bonds is 1. The van der Waals surface area contributed by atoms with Crippen molar-refractivity contribution in [1.29, 1.82) is 0 Å². The van der Waals surface area contributed by atoms with Crippen LogP contribution in [-0.4, -0.2) is 23.0 Å². The summed E-state index contributed by atoms with van der Waals surface area (Å²) in [4.78, 5) is 2.76. The average molecular weight is 153 g/mol. The second-order valence-electron chi connectivity index (χ2n) is 4.39. The zero-order valence-corrected chi connectivity index (χ0v) is 7.77. The van der Waals surface area contributed by atoms with Crippen molar-refractivity contribution in [2.75, 3.05) is 6.54 Å². The molecule has 0 aromatic carbocycles. The lowest BCUT2D eigenvalue weighted by molar-refractivity contribution is 0.164. The summed E-state index contributed by atoms with van der Waals surface area (Å²) >= 11 is 0. The van der Waals surface area contributed by atoms with Crippen LogP contribution in [0.4, 0.5) is 0 Å². The Morgan fingerprint density at radius 2 is 2.27 bits per heavy atom. The van der Waals surface area contributed by atoms with Gasteiger partial charge in [0.15, 0.2) is 0 Å². The first-order valence-corrected chi connectivity index (χ1v) is 5.03. The molecule has 0 aromatic rings. The number of hydrogen-bond acceptors (Lipinski definition) is 1. The summed E-state index contributed by atoms with van der Waals surface area (Å²) in [6, 6.07) is 0.919. The van der Waals surface area contributed by atoms with Crippen molar-refractivity contribution in [2.24, 2.45) is 0 Å². The van der Waals surface area contributed by atoms with Crippen molar-refractivity contribution in [3.8, 4) is 0 Å². The van der Waals surface area contributed by atoms with E-state index in [1.54, 1.807) is 0 Å². The van der Waals surface area contributed by atoms with Gasteiger partial charge in [0.05, 0.1) is 0 Å². The van der Waals surface area contributed by atoms with Crippen molar-refractivity contribution in [1.82, 2.24) is 4.90 Å². The van der Waals surface area contributed by atoms with Crippen LogP contribution < -0.4 is 0 Å². The fraction of sp³-hybridized carbons (Fsp3) is 1.00. The molecule has 1 heteroatoms. The van der Waals surface area contributed by atoms with Gasteiger partial charge in [-0.3, -0.25) is 4.90 Å². The number of hydrogen-bond donors (Lipinski definition) is 0. The predicted molar refractivity (Wildman–Crippen MR) is 47.7 cm³/mol. The minimum absolute atomic E-state index is 0.612. The van der Waals surface area contributed by atoms with Gasteiger partial charge in [-0.1, -0.05) is 6.92 Å². The summed E-state index contributed by atoms with van der Waals surface area (Å²) in [5.41, 5.74) is 0.612. The van der Waals surface area contributed by atoms with E-state index < -0.39 is 0 Å². The predicted octanol–water partition coefficient (Wildman–Crippen LogP) is 2.41. The van der Waals surface area contributed by atoms with Crippen LogP contribution in [0.5, 0.6) is 0 Å². The Kier molecular flexibility index (Phi) is 1.71. The smallest absolute Gasteiger partial charge is 0.0185 e. The van der Waals surface area contributed by atoms with E-state index in [9.17, 15) is 0 Å². The van der Waals surface area contributed by atoms with E-state index in [-0.39, 0.29) is 0 Å². The first-order valence-electron chi connectivity index (χ1n) is 5.03. The van der Waals surface area contributed by atoms with Crippen LogP contribution >= 0.6 is 0 Å². The lowest BCUT2D eigenvalue weighted by atomic mass is 9.97. The van der Waals surface area contributed by atoms with Gasteiger partial charge in [0, 0.05) is 11.6 Å². The second kappa shape index (κ2) is 2.48. The minimum atomic E-state index is 0.612. The van der Waals surface area contributed by atoms with Crippen molar-refractivity contribution >= 4 is 0 Å². The average Bonchev–Trinajstić information content (AvgIpc) is 2.45. The SMILES string of the molecule is CCC1CCC2(C)CCCN12. The molecule has 0 N–H and O–H groups in total. The van der Waals surface area contributed by atoms with E-state index in [0.717, 1.165) is 6.04 Å². The van der Waals surface area contributed by atoms with Crippen LogP contribution in [0, 0.1) is 0 Å². The molecule has 2 unspecified atom stereocenters. The van der Waals surface area contributed by atoms with Crippen molar-refractivity contribution in [3.05, 3.63) is 0 Å². The fourth-order valence-electron chi connectivity index (χ4n) is 2.99. The Morgan fingerprint density at radius 3 is 3.00 bits per heavy atom.